The predicted octanol–water partition coefficient (Wildman–Crippen LogP) is 3.98. The molecule has 4 aromatic rings. The number of likely N-dealkylation sites (N-methyl/N-ethyl adjacent to an activating group) is 1. The number of para-hydroxylation sites is 2. The molecular formula is C23H21N3O3S. The van der Waals surface area contributed by atoms with Crippen molar-refractivity contribution in [1.29, 1.82) is 0 Å². The Balaban J connectivity index is 1.37. The fourth-order valence-electron chi connectivity index (χ4n) is 3.33. The number of thiazole rings is 1. The average molecular weight is 420 g/mol. The molecule has 6 nitrogen and oxygen atoms in total. The minimum Gasteiger partial charge on any atom is -0.452 e. The van der Waals surface area contributed by atoms with E-state index in [1.165, 1.54) is 4.90 Å². The lowest BCUT2D eigenvalue weighted by molar-refractivity contribution is -0.158. The van der Waals surface area contributed by atoms with E-state index in [1.54, 1.807) is 31.5 Å². The zero-order valence-corrected chi connectivity index (χ0v) is 17.6. The number of hydrogen-bond donors (Lipinski definition) is 0. The van der Waals surface area contributed by atoms with Gasteiger partial charge < -0.3 is 9.64 Å². The van der Waals surface area contributed by atoms with E-state index in [2.05, 4.69) is 9.97 Å². The minimum atomic E-state index is -0.875. The van der Waals surface area contributed by atoms with Crippen LogP contribution in [0.15, 0.2) is 60.8 Å². The quantitative estimate of drug-likeness (QED) is 0.442. The monoisotopic (exact) mass is 419 g/mol. The van der Waals surface area contributed by atoms with Crippen LogP contribution in [0.5, 0.6) is 0 Å². The van der Waals surface area contributed by atoms with Gasteiger partial charge in [-0.05, 0) is 30.7 Å². The number of pyridine rings is 1. The van der Waals surface area contributed by atoms with Crippen LogP contribution in [0, 0.1) is 0 Å². The van der Waals surface area contributed by atoms with Crippen molar-refractivity contribution in [2.45, 2.75) is 26.0 Å². The van der Waals surface area contributed by atoms with E-state index in [9.17, 15) is 9.59 Å². The van der Waals surface area contributed by atoms with Crippen molar-refractivity contribution in [1.82, 2.24) is 14.9 Å². The summed E-state index contributed by atoms with van der Waals surface area (Å²) in [6.45, 7) is 1.96. The van der Waals surface area contributed by atoms with Crippen LogP contribution in [-0.4, -0.2) is 39.9 Å². The predicted molar refractivity (Wildman–Crippen MR) is 117 cm³/mol. The molecule has 0 bridgehead atoms. The second-order valence-corrected chi connectivity index (χ2v) is 8.19. The van der Waals surface area contributed by atoms with Gasteiger partial charge in [-0.15, -0.1) is 11.3 Å². The number of esters is 1. The first-order valence-corrected chi connectivity index (χ1v) is 10.4. The van der Waals surface area contributed by atoms with Crippen molar-refractivity contribution < 1.29 is 14.3 Å². The molecule has 0 fully saturated rings. The average Bonchev–Trinajstić information content (AvgIpc) is 3.15. The van der Waals surface area contributed by atoms with E-state index in [0.29, 0.717) is 6.54 Å². The van der Waals surface area contributed by atoms with Crippen LogP contribution in [0.25, 0.3) is 21.1 Å². The van der Waals surface area contributed by atoms with Gasteiger partial charge in [0.1, 0.15) is 5.01 Å². The molecule has 1 atom stereocenters. The number of benzene rings is 2. The Bertz CT molecular complexity index is 1180. The first kappa shape index (κ1) is 20.0. The van der Waals surface area contributed by atoms with E-state index in [4.69, 9.17) is 4.74 Å². The Kier molecular flexibility index (Phi) is 5.72. The fraction of sp³-hybridized carbons (Fsp3) is 0.217. The molecule has 4 rings (SSSR count). The maximum Gasteiger partial charge on any atom is 0.311 e. The van der Waals surface area contributed by atoms with E-state index in [0.717, 1.165) is 31.7 Å². The number of amides is 1. The lowest BCUT2D eigenvalue weighted by atomic mass is 10.1. The summed E-state index contributed by atoms with van der Waals surface area (Å²) in [5.41, 5.74) is 2.46. The molecule has 7 heteroatoms. The number of hydrogen-bond acceptors (Lipinski definition) is 6. The molecule has 2 heterocycles. The van der Waals surface area contributed by atoms with Crippen molar-refractivity contribution in [2.24, 2.45) is 0 Å². The summed E-state index contributed by atoms with van der Waals surface area (Å²) >= 11 is 1.55. The van der Waals surface area contributed by atoms with Gasteiger partial charge in [-0.3, -0.25) is 14.6 Å². The third-order valence-electron chi connectivity index (χ3n) is 4.79. The zero-order chi connectivity index (χ0) is 21.1. The smallest absolute Gasteiger partial charge is 0.311 e. The Hall–Kier alpha value is -3.32. The SMILES string of the molecule is CC(OC(=O)Cc1cccc2cccnc12)C(=O)N(C)Cc1nc2ccccc2s1. The summed E-state index contributed by atoms with van der Waals surface area (Å²) in [5, 5.41) is 1.80. The highest BCUT2D eigenvalue weighted by molar-refractivity contribution is 7.18. The maximum atomic E-state index is 12.7. The lowest BCUT2D eigenvalue weighted by Crippen LogP contribution is -2.37. The molecule has 0 radical (unpaired) electrons. The van der Waals surface area contributed by atoms with Crippen LogP contribution in [0.3, 0.4) is 0 Å². The molecular weight excluding hydrogens is 398 g/mol. The van der Waals surface area contributed by atoms with Gasteiger partial charge in [0.15, 0.2) is 6.10 Å². The van der Waals surface area contributed by atoms with E-state index < -0.39 is 12.1 Å². The topological polar surface area (TPSA) is 72.4 Å². The van der Waals surface area contributed by atoms with Gasteiger partial charge in [0.05, 0.1) is 28.7 Å². The largest absolute Gasteiger partial charge is 0.452 e. The first-order valence-electron chi connectivity index (χ1n) is 9.63. The van der Waals surface area contributed by atoms with Crippen molar-refractivity contribution in [3.05, 3.63) is 71.4 Å². The fourth-order valence-corrected chi connectivity index (χ4v) is 4.35. The summed E-state index contributed by atoms with van der Waals surface area (Å²) in [5.74, 6) is -0.721. The zero-order valence-electron chi connectivity index (χ0n) is 16.7. The second kappa shape index (κ2) is 8.59. The van der Waals surface area contributed by atoms with Crippen LogP contribution in [0.4, 0.5) is 0 Å². The summed E-state index contributed by atoms with van der Waals surface area (Å²) < 4.78 is 6.49. The van der Waals surface area contributed by atoms with Gasteiger partial charge in [0, 0.05) is 18.6 Å². The highest BCUT2D eigenvalue weighted by Gasteiger charge is 2.23. The molecule has 1 unspecified atom stereocenters. The van der Waals surface area contributed by atoms with Gasteiger partial charge in [0.2, 0.25) is 0 Å². The number of fused-ring (bicyclic) bond motifs is 2. The van der Waals surface area contributed by atoms with Crippen LogP contribution < -0.4 is 0 Å². The van der Waals surface area contributed by atoms with E-state index in [1.807, 2.05) is 54.6 Å². The van der Waals surface area contributed by atoms with Crippen molar-refractivity contribution >= 4 is 44.3 Å². The summed E-state index contributed by atoms with van der Waals surface area (Å²) in [7, 11) is 1.69. The summed E-state index contributed by atoms with van der Waals surface area (Å²) in [6, 6.07) is 17.3. The van der Waals surface area contributed by atoms with Crippen LogP contribution in [0.2, 0.25) is 0 Å². The van der Waals surface area contributed by atoms with Crippen LogP contribution >= 0.6 is 11.3 Å². The molecule has 0 aliphatic carbocycles. The molecule has 1 amide bonds. The molecule has 0 N–H and O–H groups in total. The van der Waals surface area contributed by atoms with Crippen molar-refractivity contribution in [2.75, 3.05) is 7.05 Å². The molecule has 0 saturated carbocycles. The molecule has 0 saturated heterocycles. The number of carbonyl (C=O) groups is 2. The van der Waals surface area contributed by atoms with Gasteiger partial charge in [0.25, 0.3) is 5.91 Å². The lowest BCUT2D eigenvalue weighted by Gasteiger charge is -2.20. The molecule has 2 aromatic heterocycles. The molecule has 0 aliphatic heterocycles. The van der Waals surface area contributed by atoms with Crippen molar-refractivity contribution in [3.63, 3.8) is 0 Å². The van der Waals surface area contributed by atoms with Crippen molar-refractivity contribution in [3.8, 4) is 0 Å². The highest BCUT2D eigenvalue weighted by Crippen LogP contribution is 2.22. The number of ether oxygens (including phenoxy) is 1. The summed E-state index contributed by atoms with van der Waals surface area (Å²) in [4.78, 5) is 35.6. The van der Waals surface area contributed by atoms with E-state index in [-0.39, 0.29) is 12.3 Å². The van der Waals surface area contributed by atoms with Crippen LogP contribution in [-0.2, 0) is 27.3 Å². The molecule has 0 spiro atoms. The third kappa shape index (κ3) is 4.31. The highest BCUT2D eigenvalue weighted by atomic mass is 32.1. The minimum absolute atomic E-state index is 0.0631. The number of aromatic nitrogens is 2. The molecule has 30 heavy (non-hydrogen) atoms. The standard InChI is InChI=1S/C23H21N3O3S/c1-15(23(28)26(2)14-20-25-18-10-3-4-11-19(18)30-20)29-21(27)13-17-8-5-7-16-9-6-12-24-22(16)17/h3-12,15H,13-14H2,1-2H3. The Labute approximate surface area is 178 Å². The first-order chi connectivity index (χ1) is 14.5. The Morgan fingerprint density at radius 2 is 1.90 bits per heavy atom. The summed E-state index contributed by atoms with van der Waals surface area (Å²) in [6.07, 6.45) is 0.883. The van der Waals surface area contributed by atoms with Gasteiger partial charge >= 0.3 is 5.97 Å². The number of carbonyl (C=O) groups excluding carboxylic acids is 2. The second-order valence-electron chi connectivity index (χ2n) is 7.07. The van der Waals surface area contributed by atoms with Crippen LogP contribution in [0.1, 0.15) is 17.5 Å². The maximum absolute atomic E-state index is 12.7. The number of rotatable bonds is 6. The van der Waals surface area contributed by atoms with E-state index >= 15 is 0 Å². The Morgan fingerprint density at radius 1 is 1.10 bits per heavy atom. The van der Waals surface area contributed by atoms with Gasteiger partial charge in [-0.1, -0.05) is 36.4 Å². The van der Waals surface area contributed by atoms with Gasteiger partial charge in [-0.2, -0.15) is 0 Å². The third-order valence-corrected chi connectivity index (χ3v) is 5.82. The molecule has 2 aromatic carbocycles. The molecule has 0 aliphatic rings. The van der Waals surface area contributed by atoms with Gasteiger partial charge in [-0.25, -0.2) is 4.98 Å². The number of nitrogens with zero attached hydrogens (tertiary/aromatic N) is 3. The molecule has 152 valence electrons. The Morgan fingerprint density at radius 3 is 2.73 bits per heavy atom. The normalized spacial score (nSPS) is 12.1.